The van der Waals surface area contributed by atoms with Crippen LogP contribution >= 0.6 is 0 Å². The largest absolute Gasteiger partial charge is 0.324 e. The molecule has 0 aromatic heterocycles. The molecule has 0 radical (unpaired) electrons. The Morgan fingerprint density at radius 1 is 0.889 bits per heavy atom. The monoisotopic (exact) mass is 239 g/mol. The van der Waals surface area contributed by atoms with Gasteiger partial charge < -0.3 is 5.73 Å². The van der Waals surface area contributed by atoms with Crippen molar-refractivity contribution in [2.45, 2.75) is 32.2 Å². The van der Waals surface area contributed by atoms with Gasteiger partial charge in [0.2, 0.25) is 0 Å². The van der Waals surface area contributed by atoms with E-state index in [1.165, 1.54) is 23.1 Å². The highest BCUT2D eigenvalue weighted by atomic mass is 14.6. The molecule has 1 heteroatoms. The molecule has 94 valence electrons. The van der Waals surface area contributed by atoms with Gasteiger partial charge in [-0.2, -0.15) is 0 Å². The molecule has 0 aliphatic heterocycles. The van der Waals surface area contributed by atoms with Crippen LogP contribution in [0, 0.1) is 0 Å². The van der Waals surface area contributed by atoms with Crippen LogP contribution < -0.4 is 5.73 Å². The Hall–Kier alpha value is -1.60. The first kappa shape index (κ1) is 12.8. The van der Waals surface area contributed by atoms with Crippen molar-refractivity contribution in [1.82, 2.24) is 0 Å². The second-order valence-corrected chi connectivity index (χ2v) is 4.79. The molecule has 0 aliphatic rings. The van der Waals surface area contributed by atoms with Crippen LogP contribution in [0.1, 0.15) is 36.1 Å². The van der Waals surface area contributed by atoms with E-state index in [1.807, 2.05) is 18.2 Å². The Bertz CT molecular complexity index is 459. The molecule has 0 saturated carbocycles. The minimum Gasteiger partial charge on any atom is -0.324 e. The fourth-order valence-electron chi connectivity index (χ4n) is 2.20. The molecule has 0 bridgehead atoms. The Labute approximate surface area is 110 Å². The number of hydrogen-bond donors (Lipinski definition) is 1. The minimum atomic E-state index is 0.0863. The summed E-state index contributed by atoms with van der Waals surface area (Å²) in [6.07, 6.45) is 3.25. The molecular weight excluding hydrogens is 218 g/mol. The molecule has 18 heavy (non-hydrogen) atoms. The summed E-state index contributed by atoms with van der Waals surface area (Å²) < 4.78 is 0. The summed E-state index contributed by atoms with van der Waals surface area (Å²) in [7, 11) is 0. The maximum atomic E-state index is 6.22. The SMILES string of the molecule is CCCc1ccc(CC(N)c2ccccc2)cc1. The lowest BCUT2D eigenvalue weighted by Gasteiger charge is -2.12. The molecule has 0 spiro atoms. The maximum absolute atomic E-state index is 6.22. The molecule has 0 fully saturated rings. The van der Waals surface area contributed by atoms with E-state index in [-0.39, 0.29) is 6.04 Å². The third-order valence-electron chi connectivity index (χ3n) is 3.24. The Morgan fingerprint density at radius 3 is 2.11 bits per heavy atom. The van der Waals surface area contributed by atoms with Gasteiger partial charge in [-0.15, -0.1) is 0 Å². The van der Waals surface area contributed by atoms with Gasteiger partial charge in [0.05, 0.1) is 0 Å². The zero-order valence-corrected chi connectivity index (χ0v) is 11.0. The average Bonchev–Trinajstić information content (AvgIpc) is 2.42. The summed E-state index contributed by atoms with van der Waals surface area (Å²) in [6.45, 7) is 2.21. The fourth-order valence-corrected chi connectivity index (χ4v) is 2.20. The summed E-state index contributed by atoms with van der Waals surface area (Å²) in [5.74, 6) is 0. The van der Waals surface area contributed by atoms with Crippen molar-refractivity contribution in [1.29, 1.82) is 0 Å². The van der Waals surface area contributed by atoms with Gasteiger partial charge in [0, 0.05) is 6.04 Å². The van der Waals surface area contributed by atoms with Gasteiger partial charge in [0.15, 0.2) is 0 Å². The van der Waals surface area contributed by atoms with Crippen molar-refractivity contribution in [3.63, 3.8) is 0 Å². The maximum Gasteiger partial charge on any atom is 0.0335 e. The quantitative estimate of drug-likeness (QED) is 0.842. The lowest BCUT2D eigenvalue weighted by atomic mass is 9.98. The number of aryl methyl sites for hydroxylation is 1. The van der Waals surface area contributed by atoms with E-state index in [0.29, 0.717) is 0 Å². The molecule has 1 nitrogen and oxygen atoms in total. The Morgan fingerprint density at radius 2 is 1.50 bits per heavy atom. The summed E-state index contributed by atoms with van der Waals surface area (Å²) in [4.78, 5) is 0. The predicted octanol–water partition coefficient (Wildman–Crippen LogP) is 3.88. The van der Waals surface area contributed by atoms with Gasteiger partial charge in [0.1, 0.15) is 0 Å². The second-order valence-electron chi connectivity index (χ2n) is 4.79. The smallest absolute Gasteiger partial charge is 0.0335 e. The van der Waals surface area contributed by atoms with Gasteiger partial charge in [-0.25, -0.2) is 0 Å². The molecule has 0 saturated heterocycles. The molecule has 0 aliphatic carbocycles. The van der Waals surface area contributed by atoms with Crippen LogP contribution in [0.15, 0.2) is 54.6 Å². The van der Waals surface area contributed by atoms with Crippen LogP contribution in [0.3, 0.4) is 0 Å². The molecule has 2 N–H and O–H groups in total. The molecule has 2 rings (SSSR count). The number of benzene rings is 2. The van der Waals surface area contributed by atoms with E-state index < -0.39 is 0 Å². The van der Waals surface area contributed by atoms with E-state index in [0.717, 1.165) is 12.8 Å². The fraction of sp³-hybridized carbons (Fsp3) is 0.294. The van der Waals surface area contributed by atoms with Crippen molar-refractivity contribution in [3.05, 3.63) is 71.3 Å². The van der Waals surface area contributed by atoms with Gasteiger partial charge in [0.25, 0.3) is 0 Å². The normalized spacial score (nSPS) is 12.3. The Kier molecular flexibility index (Phi) is 4.54. The molecule has 1 atom stereocenters. The van der Waals surface area contributed by atoms with Gasteiger partial charge in [-0.05, 0) is 29.5 Å². The number of hydrogen-bond acceptors (Lipinski definition) is 1. The first-order valence-corrected chi connectivity index (χ1v) is 6.68. The zero-order chi connectivity index (χ0) is 12.8. The van der Waals surface area contributed by atoms with Crippen LogP contribution in [0.2, 0.25) is 0 Å². The van der Waals surface area contributed by atoms with Gasteiger partial charge in [-0.1, -0.05) is 67.9 Å². The lowest BCUT2D eigenvalue weighted by Crippen LogP contribution is -2.13. The molecule has 2 aromatic carbocycles. The van der Waals surface area contributed by atoms with E-state index >= 15 is 0 Å². The second kappa shape index (κ2) is 6.36. The minimum absolute atomic E-state index is 0.0863. The topological polar surface area (TPSA) is 26.0 Å². The van der Waals surface area contributed by atoms with Crippen molar-refractivity contribution >= 4 is 0 Å². The van der Waals surface area contributed by atoms with Gasteiger partial charge in [-0.3, -0.25) is 0 Å². The van der Waals surface area contributed by atoms with E-state index in [1.54, 1.807) is 0 Å². The van der Waals surface area contributed by atoms with E-state index in [2.05, 4.69) is 43.3 Å². The number of nitrogens with two attached hydrogens (primary N) is 1. The molecule has 0 heterocycles. The zero-order valence-electron chi connectivity index (χ0n) is 11.0. The van der Waals surface area contributed by atoms with Crippen LogP contribution in [-0.2, 0) is 12.8 Å². The molecule has 1 unspecified atom stereocenters. The first-order chi connectivity index (χ1) is 8.79. The predicted molar refractivity (Wildman–Crippen MR) is 77.5 cm³/mol. The summed E-state index contributed by atoms with van der Waals surface area (Å²) in [6, 6.07) is 19.2. The first-order valence-electron chi connectivity index (χ1n) is 6.68. The number of rotatable bonds is 5. The Balaban J connectivity index is 2.01. The molecular formula is C17H21N. The van der Waals surface area contributed by atoms with Crippen molar-refractivity contribution in [2.75, 3.05) is 0 Å². The lowest BCUT2D eigenvalue weighted by molar-refractivity contribution is 0.721. The summed E-state index contributed by atoms with van der Waals surface area (Å²) in [5.41, 5.74) is 10.2. The molecule has 0 amide bonds. The van der Waals surface area contributed by atoms with Crippen molar-refractivity contribution < 1.29 is 0 Å². The van der Waals surface area contributed by atoms with Crippen LogP contribution in [0.5, 0.6) is 0 Å². The molecule has 2 aromatic rings. The van der Waals surface area contributed by atoms with E-state index in [4.69, 9.17) is 5.73 Å². The summed E-state index contributed by atoms with van der Waals surface area (Å²) in [5, 5.41) is 0. The van der Waals surface area contributed by atoms with Crippen LogP contribution in [0.25, 0.3) is 0 Å². The highest BCUT2D eigenvalue weighted by Gasteiger charge is 2.06. The summed E-state index contributed by atoms with van der Waals surface area (Å²) >= 11 is 0. The third kappa shape index (κ3) is 3.44. The third-order valence-corrected chi connectivity index (χ3v) is 3.24. The standard InChI is InChI=1S/C17H21N/c1-2-6-14-9-11-15(12-10-14)13-17(18)16-7-4-3-5-8-16/h3-5,7-12,17H,2,6,13,18H2,1H3. The van der Waals surface area contributed by atoms with Crippen molar-refractivity contribution in [2.24, 2.45) is 5.73 Å². The van der Waals surface area contributed by atoms with Crippen molar-refractivity contribution in [3.8, 4) is 0 Å². The van der Waals surface area contributed by atoms with Gasteiger partial charge >= 0.3 is 0 Å². The van der Waals surface area contributed by atoms with Crippen LogP contribution in [0.4, 0.5) is 0 Å². The highest BCUT2D eigenvalue weighted by Crippen LogP contribution is 2.16. The van der Waals surface area contributed by atoms with E-state index in [9.17, 15) is 0 Å². The van der Waals surface area contributed by atoms with Crippen LogP contribution in [-0.4, -0.2) is 0 Å². The average molecular weight is 239 g/mol. The highest BCUT2D eigenvalue weighted by molar-refractivity contribution is 5.26.